The van der Waals surface area contributed by atoms with Crippen molar-refractivity contribution in [3.05, 3.63) is 88.7 Å². The number of rotatable bonds is 5. The number of fused-ring (bicyclic) bond motifs is 3. The maximum Gasteiger partial charge on any atom is 0.308 e. The number of aryl methyl sites for hydroxylation is 1. The van der Waals surface area contributed by atoms with Crippen LogP contribution in [0, 0.1) is 0 Å². The summed E-state index contributed by atoms with van der Waals surface area (Å²) < 4.78 is 18.7. The van der Waals surface area contributed by atoms with Crippen LogP contribution in [-0.2, 0) is 17.8 Å². The van der Waals surface area contributed by atoms with E-state index in [0.717, 1.165) is 16.7 Å². The minimum atomic E-state index is -0.493. The average molecular weight is 468 g/mol. The summed E-state index contributed by atoms with van der Waals surface area (Å²) in [5, 5.41) is 0. The number of pyridine rings is 1. The van der Waals surface area contributed by atoms with E-state index in [0.29, 0.717) is 46.8 Å². The van der Waals surface area contributed by atoms with Crippen molar-refractivity contribution in [3.8, 4) is 50.8 Å². The maximum absolute atomic E-state index is 14.0. The maximum atomic E-state index is 14.0. The average Bonchev–Trinajstić information content (AvgIpc) is 2.88. The highest BCUT2D eigenvalue weighted by Gasteiger charge is 2.31. The van der Waals surface area contributed by atoms with Crippen molar-refractivity contribution >= 4 is 5.97 Å². The third-order valence-corrected chi connectivity index (χ3v) is 6.26. The van der Waals surface area contributed by atoms with Crippen molar-refractivity contribution in [2.75, 3.05) is 14.2 Å². The highest BCUT2D eigenvalue weighted by molar-refractivity contribution is 5.94. The summed E-state index contributed by atoms with van der Waals surface area (Å²) in [5.41, 5.74) is 4.95. The van der Waals surface area contributed by atoms with Crippen molar-refractivity contribution in [3.63, 3.8) is 0 Å². The van der Waals surface area contributed by atoms with Gasteiger partial charge in [-0.05, 0) is 35.2 Å². The monoisotopic (exact) mass is 467 g/mol. The zero-order valence-corrected chi connectivity index (χ0v) is 19.8. The first-order valence-corrected chi connectivity index (χ1v) is 11.4. The van der Waals surface area contributed by atoms with Crippen LogP contribution in [0.2, 0.25) is 0 Å². The second-order valence-electron chi connectivity index (χ2n) is 8.32. The fraction of sp³-hybridized carbons (Fsp3) is 0.172. The molecular weight excluding hydrogens is 442 g/mol. The van der Waals surface area contributed by atoms with Gasteiger partial charge < -0.3 is 18.8 Å². The van der Waals surface area contributed by atoms with Crippen LogP contribution >= 0.6 is 0 Å². The Balaban J connectivity index is 1.96. The van der Waals surface area contributed by atoms with Crippen LogP contribution in [0.4, 0.5) is 0 Å². The highest BCUT2D eigenvalue weighted by Crippen LogP contribution is 2.47. The van der Waals surface area contributed by atoms with E-state index in [-0.39, 0.29) is 11.3 Å². The molecule has 0 aliphatic carbocycles. The van der Waals surface area contributed by atoms with Crippen LogP contribution in [0.5, 0.6) is 17.2 Å². The van der Waals surface area contributed by atoms with E-state index in [9.17, 15) is 9.59 Å². The third-order valence-electron chi connectivity index (χ3n) is 6.26. The SMILES string of the molecule is COc1cc2c(cc1OC)-c1c(-c3ccccc3)c(OC(C)=O)c(-c3ccccc3)c(=O)n1CC2. The van der Waals surface area contributed by atoms with E-state index in [1.807, 2.05) is 72.8 Å². The van der Waals surface area contributed by atoms with E-state index < -0.39 is 5.97 Å². The van der Waals surface area contributed by atoms with Crippen LogP contribution in [0.3, 0.4) is 0 Å². The van der Waals surface area contributed by atoms with Crippen LogP contribution in [0.1, 0.15) is 12.5 Å². The Labute approximate surface area is 203 Å². The van der Waals surface area contributed by atoms with E-state index in [1.165, 1.54) is 6.92 Å². The minimum absolute atomic E-state index is 0.206. The van der Waals surface area contributed by atoms with Gasteiger partial charge in [-0.3, -0.25) is 9.59 Å². The molecule has 6 nitrogen and oxygen atoms in total. The first-order chi connectivity index (χ1) is 17.0. The number of methoxy groups -OCH3 is 2. The lowest BCUT2D eigenvalue weighted by atomic mass is 9.88. The lowest BCUT2D eigenvalue weighted by molar-refractivity contribution is -0.131. The van der Waals surface area contributed by atoms with Gasteiger partial charge in [-0.25, -0.2) is 0 Å². The Hall–Kier alpha value is -4.32. The van der Waals surface area contributed by atoms with E-state index in [2.05, 4.69) is 0 Å². The molecule has 0 saturated heterocycles. The standard InChI is InChI=1S/C29H25NO5/c1-18(31)35-28-25(19-10-6-4-7-11-19)27-22-17-24(34-3)23(33-2)16-21(22)14-15-30(27)29(32)26(28)20-12-8-5-9-13-20/h4-13,16-17H,14-15H2,1-3H3. The normalized spacial score (nSPS) is 11.9. The highest BCUT2D eigenvalue weighted by atomic mass is 16.5. The summed E-state index contributed by atoms with van der Waals surface area (Å²) in [6.45, 7) is 1.83. The van der Waals surface area contributed by atoms with Crippen LogP contribution in [-0.4, -0.2) is 24.8 Å². The van der Waals surface area contributed by atoms with Crippen LogP contribution in [0.15, 0.2) is 77.6 Å². The summed E-state index contributed by atoms with van der Waals surface area (Å²) in [7, 11) is 3.19. The van der Waals surface area contributed by atoms with Gasteiger partial charge >= 0.3 is 5.97 Å². The van der Waals surface area contributed by atoms with Gasteiger partial charge in [0.2, 0.25) is 0 Å². The Kier molecular flexibility index (Phi) is 5.87. The molecule has 2 heterocycles. The zero-order chi connectivity index (χ0) is 24.5. The second kappa shape index (κ2) is 9.14. The molecule has 3 aromatic carbocycles. The summed E-state index contributed by atoms with van der Waals surface area (Å²) in [6, 6.07) is 22.9. The number of esters is 1. The van der Waals surface area contributed by atoms with Crippen molar-refractivity contribution in [2.24, 2.45) is 0 Å². The summed E-state index contributed by atoms with van der Waals surface area (Å²) in [5.74, 6) is 0.956. The lowest BCUT2D eigenvalue weighted by Gasteiger charge is -2.28. The fourth-order valence-corrected chi connectivity index (χ4v) is 4.75. The molecular formula is C29H25NO5. The fourth-order valence-electron chi connectivity index (χ4n) is 4.75. The van der Waals surface area contributed by atoms with Gasteiger partial charge in [0.05, 0.1) is 25.5 Å². The number of hydrogen-bond acceptors (Lipinski definition) is 5. The molecule has 5 rings (SSSR count). The molecule has 0 fully saturated rings. The predicted molar refractivity (Wildman–Crippen MR) is 135 cm³/mol. The van der Waals surface area contributed by atoms with Crippen molar-refractivity contribution < 1.29 is 19.0 Å². The first kappa shape index (κ1) is 22.5. The molecule has 1 aromatic heterocycles. The molecule has 0 unspecified atom stereocenters. The largest absolute Gasteiger partial charge is 0.493 e. The molecule has 0 amide bonds. The summed E-state index contributed by atoms with van der Waals surface area (Å²) in [4.78, 5) is 26.3. The molecule has 176 valence electrons. The van der Waals surface area contributed by atoms with E-state index in [1.54, 1.807) is 18.8 Å². The minimum Gasteiger partial charge on any atom is -0.493 e. The number of carbonyl (C=O) groups is 1. The topological polar surface area (TPSA) is 66.8 Å². The second-order valence-corrected chi connectivity index (χ2v) is 8.32. The Morgan fingerprint density at radius 1 is 0.829 bits per heavy atom. The van der Waals surface area contributed by atoms with Gasteiger partial charge in [0.25, 0.3) is 5.56 Å². The van der Waals surface area contributed by atoms with Gasteiger partial charge in [0, 0.05) is 24.6 Å². The number of hydrogen-bond donors (Lipinski definition) is 0. The Bertz CT molecular complexity index is 1470. The molecule has 35 heavy (non-hydrogen) atoms. The van der Waals surface area contributed by atoms with E-state index >= 15 is 0 Å². The van der Waals surface area contributed by atoms with Gasteiger partial charge in [-0.1, -0.05) is 60.7 Å². The Morgan fingerprint density at radius 3 is 1.97 bits per heavy atom. The number of benzene rings is 3. The number of carbonyl (C=O) groups excluding carboxylic acids is 1. The van der Waals surface area contributed by atoms with Crippen LogP contribution in [0.25, 0.3) is 33.5 Å². The lowest BCUT2D eigenvalue weighted by Crippen LogP contribution is -2.29. The number of nitrogens with zero attached hydrogens (tertiary/aromatic N) is 1. The summed E-state index contributed by atoms with van der Waals surface area (Å²) >= 11 is 0. The van der Waals surface area contributed by atoms with Gasteiger partial charge in [0.1, 0.15) is 0 Å². The van der Waals surface area contributed by atoms with Crippen molar-refractivity contribution in [2.45, 2.75) is 19.9 Å². The molecule has 6 heteroatoms. The molecule has 4 aromatic rings. The Morgan fingerprint density at radius 2 is 1.40 bits per heavy atom. The molecule has 0 bridgehead atoms. The smallest absolute Gasteiger partial charge is 0.308 e. The zero-order valence-electron chi connectivity index (χ0n) is 19.8. The molecule has 0 N–H and O–H groups in total. The van der Waals surface area contributed by atoms with Crippen molar-refractivity contribution in [1.29, 1.82) is 0 Å². The van der Waals surface area contributed by atoms with E-state index in [4.69, 9.17) is 14.2 Å². The van der Waals surface area contributed by atoms with Crippen molar-refractivity contribution in [1.82, 2.24) is 4.57 Å². The summed E-state index contributed by atoms with van der Waals surface area (Å²) in [6.07, 6.45) is 0.651. The molecule has 0 saturated carbocycles. The molecule has 1 aliphatic rings. The van der Waals surface area contributed by atoms with Gasteiger partial charge in [0.15, 0.2) is 17.2 Å². The third kappa shape index (κ3) is 3.87. The quantitative estimate of drug-likeness (QED) is 0.370. The number of aromatic nitrogens is 1. The van der Waals surface area contributed by atoms with Crippen LogP contribution < -0.4 is 19.8 Å². The molecule has 0 spiro atoms. The molecule has 0 atom stereocenters. The van der Waals surface area contributed by atoms with Gasteiger partial charge in [-0.15, -0.1) is 0 Å². The first-order valence-electron chi connectivity index (χ1n) is 11.4. The molecule has 1 aliphatic heterocycles. The molecule has 0 radical (unpaired) electrons. The van der Waals surface area contributed by atoms with Gasteiger partial charge in [-0.2, -0.15) is 0 Å². The number of ether oxygens (including phenoxy) is 3. The predicted octanol–water partition coefficient (Wildman–Crippen LogP) is 5.35.